The molecule has 7 heteroatoms. The van der Waals surface area contributed by atoms with Crippen molar-refractivity contribution in [2.45, 2.75) is 102 Å². The van der Waals surface area contributed by atoms with Crippen molar-refractivity contribution >= 4 is 16.1 Å². The van der Waals surface area contributed by atoms with Crippen LogP contribution in [0.5, 0.6) is 0 Å². The van der Waals surface area contributed by atoms with E-state index in [0.717, 1.165) is 18.4 Å². The van der Waals surface area contributed by atoms with Crippen LogP contribution in [0.4, 0.5) is 0 Å². The Morgan fingerprint density at radius 2 is 1.70 bits per heavy atom. The highest BCUT2D eigenvalue weighted by Crippen LogP contribution is 2.38. The summed E-state index contributed by atoms with van der Waals surface area (Å²) in [6.45, 7) is 14.5. The van der Waals surface area contributed by atoms with Gasteiger partial charge < -0.3 is 10.1 Å². The Bertz CT molecular complexity index is 844. The second-order valence-corrected chi connectivity index (χ2v) is 11.8. The van der Waals surface area contributed by atoms with E-state index in [1.54, 1.807) is 12.1 Å². The van der Waals surface area contributed by atoms with E-state index in [0.29, 0.717) is 12.8 Å². The van der Waals surface area contributed by atoms with Crippen LogP contribution in [0.25, 0.3) is 0 Å². The summed E-state index contributed by atoms with van der Waals surface area (Å²) < 4.78 is 37.7. The normalized spacial score (nSPS) is 22.1. The van der Waals surface area contributed by atoms with E-state index in [4.69, 9.17) is 9.29 Å². The van der Waals surface area contributed by atoms with E-state index in [2.05, 4.69) is 33.0 Å². The number of hydrogen-bond acceptors (Lipinski definition) is 5. The topological polar surface area (TPSA) is 92.7 Å². The molecule has 2 atom stereocenters. The largest absolute Gasteiger partial charge is 0.462 e. The van der Waals surface area contributed by atoms with Gasteiger partial charge in [0.2, 0.25) is 0 Å². The van der Waals surface area contributed by atoms with E-state index in [9.17, 15) is 13.2 Å². The summed E-state index contributed by atoms with van der Waals surface area (Å²) in [6.07, 6.45) is 2.66. The number of ether oxygens (including phenoxy) is 1. The minimum Gasteiger partial charge on any atom is -0.462 e. The van der Waals surface area contributed by atoms with Gasteiger partial charge >= 0.3 is 5.97 Å². The van der Waals surface area contributed by atoms with Crippen molar-refractivity contribution < 1.29 is 22.5 Å². The summed E-state index contributed by atoms with van der Waals surface area (Å²) in [7, 11) is -4.21. The molecule has 1 fully saturated rings. The maximum atomic E-state index is 13.2. The van der Waals surface area contributed by atoms with Crippen LogP contribution < -0.4 is 5.32 Å². The van der Waals surface area contributed by atoms with Gasteiger partial charge in [0.15, 0.2) is 0 Å². The van der Waals surface area contributed by atoms with Crippen LogP contribution in [-0.2, 0) is 19.6 Å². The number of esters is 1. The summed E-state index contributed by atoms with van der Waals surface area (Å²) in [6, 6.07) is 6.16. The fourth-order valence-corrected chi connectivity index (χ4v) is 5.22. The SMILES string of the molecule is CCC(C)(CC(C)c1ccc(S(=O)(=O)O)cc1)C(=O)OC1CC(C)(C)NC(C)(C)C1. The lowest BCUT2D eigenvalue weighted by Crippen LogP contribution is -2.60. The minimum atomic E-state index is -4.21. The maximum Gasteiger partial charge on any atom is 0.312 e. The Kier molecular flexibility index (Phi) is 7.11. The average Bonchev–Trinajstić information content (AvgIpc) is 2.58. The van der Waals surface area contributed by atoms with Crippen molar-refractivity contribution in [3.8, 4) is 0 Å². The van der Waals surface area contributed by atoms with E-state index in [1.807, 2.05) is 20.8 Å². The molecule has 0 amide bonds. The second-order valence-electron chi connectivity index (χ2n) is 10.4. The number of nitrogens with one attached hydrogen (secondary N) is 1. The van der Waals surface area contributed by atoms with Crippen LogP contribution in [0.2, 0.25) is 0 Å². The zero-order valence-corrected chi connectivity index (χ0v) is 20.1. The number of benzene rings is 1. The molecule has 0 saturated carbocycles. The third kappa shape index (κ3) is 6.28. The molecule has 170 valence electrons. The Labute approximate surface area is 181 Å². The predicted octanol–water partition coefficient (Wildman–Crippen LogP) is 4.70. The van der Waals surface area contributed by atoms with E-state index >= 15 is 0 Å². The van der Waals surface area contributed by atoms with Gasteiger partial charge in [0.1, 0.15) is 6.10 Å². The molecule has 1 heterocycles. The zero-order valence-electron chi connectivity index (χ0n) is 19.3. The standard InChI is InChI=1S/C23H37NO5S/c1-8-23(7,13-16(2)17-9-11-19(12-10-17)30(26,27)28)20(25)29-18-14-21(3,4)24-22(5,6)15-18/h9-12,16,18,24H,8,13-15H2,1-7H3,(H,26,27,28). The van der Waals surface area contributed by atoms with Gasteiger partial charge in [-0.15, -0.1) is 0 Å². The summed E-state index contributed by atoms with van der Waals surface area (Å²) in [4.78, 5) is 13.1. The first kappa shape index (κ1) is 24.8. The molecule has 0 aliphatic carbocycles. The fraction of sp³-hybridized carbons (Fsp3) is 0.696. The van der Waals surface area contributed by atoms with Gasteiger partial charge in [-0.25, -0.2) is 0 Å². The average molecular weight is 440 g/mol. The molecular formula is C23H37NO5S. The number of hydrogen-bond donors (Lipinski definition) is 2. The van der Waals surface area contributed by atoms with E-state index in [-0.39, 0.29) is 34.0 Å². The van der Waals surface area contributed by atoms with Gasteiger partial charge in [-0.2, -0.15) is 8.42 Å². The van der Waals surface area contributed by atoms with Gasteiger partial charge in [-0.05, 0) is 71.1 Å². The first-order valence-electron chi connectivity index (χ1n) is 10.6. The maximum absolute atomic E-state index is 13.2. The first-order chi connectivity index (χ1) is 13.6. The molecule has 1 aliphatic rings. The van der Waals surface area contributed by atoms with Gasteiger partial charge in [0.25, 0.3) is 10.1 Å². The van der Waals surface area contributed by atoms with Crippen molar-refractivity contribution in [2.75, 3.05) is 0 Å². The van der Waals surface area contributed by atoms with Crippen molar-refractivity contribution in [3.05, 3.63) is 29.8 Å². The molecule has 1 saturated heterocycles. The number of rotatable bonds is 7. The van der Waals surface area contributed by atoms with Gasteiger partial charge in [0, 0.05) is 23.9 Å². The van der Waals surface area contributed by atoms with Gasteiger partial charge in [0.05, 0.1) is 10.3 Å². The summed E-state index contributed by atoms with van der Waals surface area (Å²) in [5.41, 5.74) is 0.0775. The fourth-order valence-electron chi connectivity index (χ4n) is 4.74. The zero-order chi connectivity index (χ0) is 23.0. The molecule has 1 aromatic rings. The second kappa shape index (κ2) is 8.60. The Hall–Kier alpha value is -1.44. The first-order valence-corrected chi connectivity index (χ1v) is 12.1. The van der Waals surface area contributed by atoms with Crippen molar-refractivity contribution in [1.29, 1.82) is 0 Å². The summed E-state index contributed by atoms with van der Waals surface area (Å²) >= 11 is 0. The van der Waals surface area contributed by atoms with Crippen molar-refractivity contribution in [2.24, 2.45) is 5.41 Å². The highest BCUT2D eigenvalue weighted by Gasteiger charge is 2.42. The van der Waals surface area contributed by atoms with Crippen LogP contribution in [0.1, 0.15) is 85.6 Å². The highest BCUT2D eigenvalue weighted by atomic mass is 32.2. The van der Waals surface area contributed by atoms with Crippen LogP contribution in [-0.4, -0.2) is 36.1 Å². The van der Waals surface area contributed by atoms with Gasteiger partial charge in [-0.1, -0.05) is 26.0 Å². The van der Waals surface area contributed by atoms with E-state index in [1.165, 1.54) is 12.1 Å². The lowest BCUT2D eigenvalue weighted by Gasteiger charge is -2.46. The van der Waals surface area contributed by atoms with Crippen LogP contribution in [0, 0.1) is 5.41 Å². The summed E-state index contributed by atoms with van der Waals surface area (Å²) in [5.74, 6) is -0.149. The smallest absolute Gasteiger partial charge is 0.312 e. The van der Waals surface area contributed by atoms with Gasteiger partial charge in [-0.3, -0.25) is 9.35 Å². The summed E-state index contributed by atoms with van der Waals surface area (Å²) in [5, 5.41) is 3.60. The molecule has 2 rings (SSSR count). The molecule has 30 heavy (non-hydrogen) atoms. The molecule has 0 radical (unpaired) electrons. The Morgan fingerprint density at radius 3 is 2.13 bits per heavy atom. The number of carbonyl (C=O) groups is 1. The molecule has 1 aliphatic heterocycles. The van der Waals surface area contributed by atoms with E-state index < -0.39 is 15.5 Å². The molecule has 2 unspecified atom stereocenters. The third-order valence-electron chi connectivity index (χ3n) is 6.20. The number of piperidine rings is 1. The van der Waals surface area contributed by atoms with Crippen molar-refractivity contribution in [3.63, 3.8) is 0 Å². The molecule has 0 aromatic heterocycles. The third-order valence-corrected chi connectivity index (χ3v) is 7.07. The Morgan fingerprint density at radius 1 is 1.20 bits per heavy atom. The predicted molar refractivity (Wildman–Crippen MR) is 118 cm³/mol. The quantitative estimate of drug-likeness (QED) is 0.473. The van der Waals surface area contributed by atoms with Crippen molar-refractivity contribution in [1.82, 2.24) is 5.32 Å². The van der Waals surface area contributed by atoms with Crippen LogP contribution >= 0.6 is 0 Å². The lowest BCUT2D eigenvalue weighted by molar-refractivity contribution is -0.165. The molecule has 2 N–H and O–H groups in total. The molecule has 0 bridgehead atoms. The molecule has 0 spiro atoms. The molecule has 6 nitrogen and oxygen atoms in total. The highest BCUT2D eigenvalue weighted by molar-refractivity contribution is 7.85. The van der Waals surface area contributed by atoms with Crippen LogP contribution in [0.15, 0.2) is 29.2 Å². The Balaban J connectivity index is 2.11. The molecule has 1 aromatic carbocycles. The minimum absolute atomic E-state index is 0.0267. The molecular weight excluding hydrogens is 402 g/mol. The lowest BCUT2D eigenvalue weighted by atomic mass is 9.76. The monoisotopic (exact) mass is 439 g/mol. The van der Waals surface area contributed by atoms with Crippen LogP contribution in [0.3, 0.4) is 0 Å². The number of carbonyl (C=O) groups excluding carboxylic acids is 1.